The van der Waals surface area contributed by atoms with Gasteiger partial charge in [0.25, 0.3) is 0 Å². The molecular formula is C31H41ClN2O3. The predicted molar refractivity (Wildman–Crippen MR) is 154 cm³/mol. The van der Waals surface area contributed by atoms with E-state index in [4.69, 9.17) is 4.74 Å². The Morgan fingerprint density at radius 3 is 2.68 bits per heavy atom. The number of aromatic nitrogens is 1. The van der Waals surface area contributed by atoms with Gasteiger partial charge in [-0.05, 0) is 74.9 Å². The van der Waals surface area contributed by atoms with Crippen molar-refractivity contribution in [2.24, 2.45) is 0 Å². The number of phenolic OH excluding ortho intramolecular Hbond substituents is 1. The molecule has 0 aliphatic carbocycles. The topological polar surface area (TPSA) is 77.1 Å². The molecule has 2 aromatic carbocycles. The average molecular weight is 525 g/mol. The van der Waals surface area contributed by atoms with Gasteiger partial charge in [0.15, 0.2) is 0 Å². The molecule has 2 aliphatic rings. The Hall–Kier alpha value is -2.60. The number of unbranched alkanes of at least 4 members (excludes halogenated alkanes) is 2. The Kier molecular flexibility index (Phi) is 9.63. The number of para-hydroxylation sites is 1. The molecule has 6 heteroatoms. The Morgan fingerprint density at radius 2 is 1.92 bits per heavy atom. The fourth-order valence-electron chi connectivity index (χ4n) is 5.72. The second kappa shape index (κ2) is 12.3. The molecule has 5 rings (SSSR count). The third-order valence-corrected chi connectivity index (χ3v) is 7.51. The minimum absolute atomic E-state index is 0. The molecule has 3 N–H and O–H groups in total. The molecule has 3 heterocycles. The number of ether oxygens (including phenoxy) is 1. The molecule has 1 unspecified atom stereocenters. The molecule has 0 saturated heterocycles. The number of phenols is 1. The number of rotatable bonds is 7. The van der Waals surface area contributed by atoms with Crippen molar-refractivity contribution in [2.45, 2.75) is 77.4 Å². The van der Waals surface area contributed by atoms with Crippen LogP contribution < -0.4 is 4.74 Å². The summed E-state index contributed by atoms with van der Waals surface area (Å²) < 4.78 is 6.40. The lowest BCUT2D eigenvalue weighted by atomic mass is 9.77. The van der Waals surface area contributed by atoms with E-state index in [1.165, 1.54) is 34.9 Å². The Morgan fingerprint density at radius 1 is 1.11 bits per heavy atom. The van der Waals surface area contributed by atoms with E-state index in [1.807, 2.05) is 18.3 Å². The minimum atomic E-state index is -0.249. The van der Waals surface area contributed by atoms with Crippen molar-refractivity contribution in [3.8, 4) is 11.5 Å². The highest BCUT2D eigenvalue weighted by molar-refractivity contribution is 5.85. The Bertz CT molecular complexity index is 1240. The number of aromatic hydroxyl groups is 1. The van der Waals surface area contributed by atoms with Crippen molar-refractivity contribution in [3.63, 3.8) is 0 Å². The van der Waals surface area contributed by atoms with E-state index in [2.05, 4.69) is 67.1 Å². The maximum absolute atomic E-state index is 11.1. The number of benzene rings is 2. The molecule has 0 spiro atoms. The monoisotopic (exact) mass is 524 g/mol. The van der Waals surface area contributed by atoms with Crippen LogP contribution in [0, 0.1) is 0 Å². The zero-order chi connectivity index (χ0) is 24.4. The molecule has 37 heavy (non-hydrogen) atoms. The highest BCUT2D eigenvalue weighted by Crippen LogP contribution is 2.49. The molecule has 1 atom stereocenters. The summed E-state index contributed by atoms with van der Waals surface area (Å²) in [5.74, 6) is 1.49. The SMILES string of the molecule is CCCCCc1cc(O)c2c(c1)OC(C)(C)CC2C1=CCN(Cc2cnc3ccccc3c2)CC1.Cl.O. The molecule has 200 valence electrons. The first-order valence-corrected chi connectivity index (χ1v) is 13.2. The Labute approximate surface area is 227 Å². The van der Waals surface area contributed by atoms with Crippen LogP contribution in [0.25, 0.3) is 10.9 Å². The zero-order valence-corrected chi connectivity index (χ0v) is 23.1. The zero-order valence-electron chi connectivity index (χ0n) is 22.3. The molecule has 1 aromatic heterocycles. The van der Waals surface area contributed by atoms with E-state index in [-0.39, 0.29) is 29.4 Å². The number of nitrogens with zero attached hydrogens (tertiary/aromatic N) is 2. The van der Waals surface area contributed by atoms with Crippen molar-refractivity contribution in [3.05, 3.63) is 77.0 Å². The van der Waals surface area contributed by atoms with Crippen LogP contribution in [0.5, 0.6) is 11.5 Å². The van der Waals surface area contributed by atoms with Crippen molar-refractivity contribution >= 4 is 23.3 Å². The van der Waals surface area contributed by atoms with Gasteiger partial charge in [-0.2, -0.15) is 0 Å². The third-order valence-electron chi connectivity index (χ3n) is 7.51. The number of halogens is 1. The Balaban J connectivity index is 0.00000190. The van der Waals surface area contributed by atoms with Gasteiger partial charge >= 0.3 is 0 Å². The largest absolute Gasteiger partial charge is 0.507 e. The summed E-state index contributed by atoms with van der Waals surface area (Å²) in [5.41, 5.74) is 5.66. The van der Waals surface area contributed by atoms with Gasteiger partial charge < -0.3 is 15.3 Å². The summed E-state index contributed by atoms with van der Waals surface area (Å²) in [6.07, 6.45) is 10.9. The van der Waals surface area contributed by atoms with Gasteiger partial charge in [-0.3, -0.25) is 9.88 Å². The fraction of sp³-hybridized carbons (Fsp3) is 0.452. The first-order valence-electron chi connectivity index (χ1n) is 13.2. The number of aryl methyl sites for hydroxylation is 1. The quantitative estimate of drug-likeness (QED) is 0.274. The van der Waals surface area contributed by atoms with Gasteiger partial charge in [-0.25, -0.2) is 0 Å². The van der Waals surface area contributed by atoms with E-state index in [0.29, 0.717) is 5.75 Å². The van der Waals surface area contributed by atoms with Gasteiger partial charge in [0.05, 0.1) is 5.52 Å². The first kappa shape index (κ1) is 29.0. The summed E-state index contributed by atoms with van der Waals surface area (Å²) in [7, 11) is 0. The van der Waals surface area contributed by atoms with E-state index < -0.39 is 0 Å². The second-order valence-corrected chi connectivity index (χ2v) is 10.9. The van der Waals surface area contributed by atoms with E-state index in [9.17, 15) is 5.11 Å². The highest BCUT2D eigenvalue weighted by atomic mass is 35.5. The number of fused-ring (bicyclic) bond motifs is 2. The van der Waals surface area contributed by atoms with E-state index in [0.717, 1.165) is 62.1 Å². The van der Waals surface area contributed by atoms with Crippen LogP contribution in [0.2, 0.25) is 0 Å². The molecule has 3 aromatic rings. The average Bonchev–Trinajstić information content (AvgIpc) is 2.83. The number of hydrogen-bond acceptors (Lipinski definition) is 4. The maximum atomic E-state index is 11.1. The van der Waals surface area contributed by atoms with Gasteiger partial charge in [0.1, 0.15) is 17.1 Å². The lowest BCUT2D eigenvalue weighted by Gasteiger charge is -2.40. The molecule has 0 bridgehead atoms. The van der Waals surface area contributed by atoms with Crippen molar-refractivity contribution in [1.82, 2.24) is 9.88 Å². The smallest absolute Gasteiger partial charge is 0.127 e. The van der Waals surface area contributed by atoms with E-state index in [1.54, 1.807) is 0 Å². The van der Waals surface area contributed by atoms with E-state index >= 15 is 0 Å². The molecule has 2 aliphatic heterocycles. The molecule has 0 amide bonds. The fourth-order valence-corrected chi connectivity index (χ4v) is 5.72. The summed E-state index contributed by atoms with van der Waals surface area (Å²) in [6.45, 7) is 9.41. The molecule has 5 nitrogen and oxygen atoms in total. The molecule has 0 radical (unpaired) electrons. The molecular weight excluding hydrogens is 484 g/mol. The van der Waals surface area contributed by atoms with Crippen molar-refractivity contribution < 1.29 is 15.3 Å². The summed E-state index contributed by atoms with van der Waals surface area (Å²) in [6, 6.07) is 14.7. The van der Waals surface area contributed by atoms with Crippen molar-refractivity contribution in [1.29, 1.82) is 0 Å². The van der Waals surface area contributed by atoms with Crippen LogP contribution in [0.15, 0.2) is 60.3 Å². The second-order valence-electron chi connectivity index (χ2n) is 10.9. The normalized spacial score (nSPS) is 18.7. The van der Waals surface area contributed by atoms with Gasteiger partial charge in [0.2, 0.25) is 0 Å². The van der Waals surface area contributed by atoms with Gasteiger partial charge in [-0.1, -0.05) is 49.6 Å². The van der Waals surface area contributed by atoms with Crippen LogP contribution in [0.4, 0.5) is 0 Å². The summed E-state index contributed by atoms with van der Waals surface area (Å²) in [4.78, 5) is 7.12. The maximum Gasteiger partial charge on any atom is 0.127 e. The van der Waals surface area contributed by atoms with Crippen LogP contribution in [-0.4, -0.2) is 39.2 Å². The standard InChI is InChI=1S/C31H38N2O2.ClH.H2O/c1-4-5-6-9-22-17-28(34)30-26(19-31(2,3)35-29(30)18-22)24-12-14-33(15-13-24)21-23-16-25-10-7-8-11-27(25)32-20-23;;/h7-8,10-12,16-18,20,26,34H,4-6,9,13-15,19,21H2,1-3H3;1H;1H2. The lowest BCUT2D eigenvalue weighted by molar-refractivity contribution is 0.0745. The number of hydrogen-bond donors (Lipinski definition) is 1. The van der Waals surface area contributed by atoms with Crippen LogP contribution in [-0.2, 0) is 13.0 Å². The summed E-state index contributed by atoms with van der Waals surface area (Å²) in [5, 5.41) is 12.3. The molecule has 0 fully saturated rings. The summed E-state index contributed by atoms with van der Waals surface area (Å²) >= 11 is 0. The third kappa shape index (κ3) is 6.64. The van der Waals surface area contributed by atoms with Gasteiger partial charge in [-0.15, -0.1) is 12.4 Å². The molecule has 0 saturated carbocycles. The lowest BCUT2D eigenvalue weighted by Crippen LogP contribution is -2.37. The highest BCUT2D eigenvalue weighted by Gasteiger charge is 2.38. The van der Waals surface area contributed by atoms with Gasteiger partial charge in [0, 0.05) is 42.7 Å². The van der Waals surface area contributed by atoms with Crippen molar-refractivity contribution in [2.75, 3.05) is 13.1 Å². The number of pyridine rings is 1. The van der Waals surface area contributed by atoms with Crippen LogP contribution in [0.1, 0.15) is 75.5 Å². The van der Waals surface area contributed by atoms with Crippen LogP contribution >= 0.6 is 12.4 Å². The minimum Gasteiger partial charge on any atom is -0.507 e. The predicted octanol–water partition coefficient (Wildman–Crippen LogP) is 6.75. The van der Waals surface area contributed by atoms with Crippen LogP contribution in [0.3, 0.4) is 0 Å². The first-order chi connectivity index (χ1) is 16.9.